The van der Waals surface area contributed by atoms with Crippen LogP contribution in [0.5, 0.6) is 0 Å². The van der Waals surface area contributed by atoms with Crippen LogP contribution in [0.1, 0.15) is 105 Å². The third-order valence-electron chi connectivity index (χ3n) is 19.4. The van der Waals surface area contributed by atoms with Crippen LogP contribution in [0, 0.1) is 0 Å². The fourth-order valence-corrected chi connectivity index (χ4v) is 15.0. The summed E-state index contributed by atoms with van der Waals surface area (Å²) >= 11 is 0. The summed E-state index contributed by atoms with van der Waals surface area (Å²) in [6.07, 6.45) is 0. The van der Waals surface area contributed by atoms with Crippen molar-refractivity contribution in [1.82, 2.24) is 4.40 Å². The molecule has 0 aliphatic carbocycles. The third kappa shape index (κ3) is 8.09. The van der Waals surface area contributed by atoms with Crippen LogP contribution < -0.4 is 37.0 Å². The SMILES string of the molecule is CC(C)(C)c1ccc(N(c2ccc3c(c2)N(c2ccc(-c4cccc5c4oc4ccccc45)cc2)c2cc(C(C)(C)C)c4c(=O)c5cc(C(C)(C)C)cc6c(=O)c7c(C(C)(C)C)ccc8c7n(c4c2B38)c65)c2ccc3ccccc3c2-c2ccccc2)cc1. The first-order chi connectivity index (χ1) is 42.5. The van der Waals surface area contributed by atoms with Crippen molar-refractivity contribution in [2.45, 2.75) is 105 Å². The molecule has 0 spiro atoms. The molecule has 89 heavy (non-hydrogen) atoms. The Morgan fingerprint density at radius 3 is 1.73 bits per heavy atom. The highest BCUT2D eigenvalue weighted by Crippen LogP contribution is 2.50. The number of furan rings is 1. The summed E-state index contributed by atoms with van der Waals surface area (Å²) in [4.78, 5) is 37.2. The van der Waals surface area contributed by atoms with Crippen LogP contribution in [-0.2, 0) is 21.7 Å². The third-order valence-corrected chi connectivity index (χ3v) is 19.4. The van der Waals surface area contributed by atoms with Crippen molar-refractivity contribution in [3.63, 3.8) is 0 Å². The van der Waals surface area contributed by atoms with E-state index in [1.54, 1.807) is 0 Å². The summed E-state index contributed by atoms with van der Waals surface area (Å²) in [5.74, 6) is 0. The first-order valence-corrected chi connectivity index (χ1v) is 31.4. The number of fused-ring (bicyclic) bond motifs is 7. The molecular formula is C82H70BN3O3. The second-order valence-corrected chi connectivity index (χ2v) is 29.2. The van der Waals surface area contributed by atoms with Gasteiger partial charge in [0.15, 0.2) is 10.9 Å². The summed E-state index contributed by atoms with van der Waals surface area (Å²) in [5.41, 5.74) is 20.6. The van der Waals surface area contributed by atoms with Gasteiger partial charge in [-0.15, -0.1) is 0 Å². The van der Waals surface area contributed by atoms with Gasteiger partial charge in [0, 0.05) is 66.5 Å². The molecule has 3 aromatic heterocycles. The lowest BCUT2D eigenvalue weighted by molar-refractivity contribution is 0.590. The lowest BCUT2D eigenvalue weighted by Gasteiger charge is -2.42. The number of hydrogen-bond acceptors (Lipinski definition) is 5. The molecule has 0 unspecified atom stereocenters. The molecule has 7 heteroatoms. The van der Waals surface area contributed by atoms with E-state index in [2.05, 4.69) is 291 Å². The topological polar surface area (TPSA) is 58.2 Å². The van der Waals surface area contributed by atoms with Crippen molar-refractivity contribution in [3.05, 3.63) is 249 Å². The van der Waals surface area contributed by atoms with E-state index in [0.717, 1.165) is 139 Å². The number of pyridine rings is 2. The molecule has 2 aliphatic rings. The fourth-order valence-electron chi connectivity index (χ4n) is 15.0. The highest BCUT2D eigenvalue weighted by atomic mass is 16.3. The lowest BCUT2D eigenvalue weighted by Crippen LogP contribution is -2.60. The van der Waals surface area contributed by atoms with E-state index < -0.39 is 5.41 Å². The Morgan fingerprint density at radius 1 is 0.427 bits per heavy atom. The van der Waals surface area contributed by atoms with Gasteiger partial charge in [0.25, 0.3) is 6.71 Å². The number of benzene rings is 11. The monoisotopic (exact) mass is 1160 g/mol. The second kappa shape index (κ2) is 18.9. The van der Waals surface area contributed by atoms with Crippen molar-refractivity contribution < 1.29 is 4.42 Å². The van der Waals surface area contributed by atoms with Crippen LogP contribution in [0.2, 0.25) is 0 Å². The maximum Gasteiger partial charge on any atom is 0.252 e. The highest BCUT2D eigenvalue weighted by Gasteiger charge is 2.45. The van der Waals surface area contributed by atoms with Crippen molar-refractivity contribution in [1.29, 1.82) is 0 Å². The van der Waals surface area contributed by atoms with E-state index in [4.69, 9.17) is 4.42 Å². The molecular weight excluding hydrogens is 1090 g/mol. The number of aromatic nitrogens is 1. The molecule has 2 aliphatic heterocycles. The normalized spacial score (nSPS) is 13.4. The number of anilines is 6. The Morgan fingerprint density at radius 2 is 1.04 bits per heavy atom. The number of rotatable bonds is 6. The van der Waals surface area contributed by atoms with Gasteiger partial charge in [0.1, 0.15) is 11.2 Å². The maximum absolute atomic E-state index is 16.3. The molecule has 14 aromatic rings. The quantitative estimate of drug-likeness (QED) is 0.0943. The van der Waals surface area contributed by atoms with Gasteiger partial charge in [-0.3, -0.25) is 9.59 Å². The van der Waals surface area contributed by atoms with Gasteiger partial charge in [0.05, 0.1) is 27.6 Å². The summed E-state index contributed by atoms with van der Waals surface area (Å²) in [5, 5.41) is 7.11. The summed E-state index contributed by atoms with van der Waals surface area (Å²) in [6.45, 7) is 26.3. The van der Waals surface area contributed by atoms with Gasteiger partial charge < -0.3 is 18.6 Å². The molecule has 16 rings (SSSR count). The Bertz CT molecular complexity index is 5440. The molecule has 0 N–H and O–H groups in total. The van der Waals surface area contributed by atoms with E-state index in [1.807, 2.05) is 12.1 Å². The minimum atomic E-state index is -0.501. The zero-order chi connectivity index (χ0) is 61.5. The molecule has 6 nitrogen and oxygen atoms in total. The fraction of sp³-hybridized carbons (Fsp3) is 0.195. The van der Waals surface area contributed by atoms with Gasteiger partial charge in [0.2, 0.25) is 0 Å². The van der Waals surface area contributed by atoms with E-state index in [1.165, 1.54) is 5.56 Å². The van der Waals surface area contributed by atoms with Gasteiger partial charge in [-0.25, -0.2) is 0 Å². The Kier molecular flexibility index (Phi) is 11.6. The molecule has 0 radical (unpaired) electrons. The Labute approximate surface area is 519 Å². The first-order valence-electron chi connectivity index (χ1n) is 31.4. The molecule has 0 fully saturated rings. The zero-order valence-corrected chi connectivity index (χ0v) is 52.8. The van der Waals surface area contributed by atoms with Crippen molar-refractivity contribution in [2.24, 2.45) is 0 Å². The largest absolute Gasteiger partial charge is 0.455 e. The van der Waals surface area contributed by atoms with Crippen molar-refractivity contribution in [2.75, 3.05) is 9.80 Å². The number of hydrogen-bond donors (Lipinski definition) is 0. The van der Waals surface area contributed by atoms with Gasteiger partial charge >= 0.3 is 0 Å². The van der Waals surface area contributed by atoms with Crippen molar-refractivity contribution >= 4 is 128 Å². The predicted octanol–water partition coefficient (Wildman–Crippen LogP) is 19.2. The zero-order valence-electron chi connectivity index (χ0n) is 52.8. The highest BCUT2D eigenvalue weighted by molar-refractivity contribution is 7.01. The Hall–Kier alpha value is -9.72. The lowest BCUT2D eigenvalue weighted by atomic mass is 9.33. The second-order valence-electron chi connectivity index (χ2n) is 29.2. The van der Waals surface area contributed by atoms with Crippen LogP contribution in [0.3, 0.4) is 0 Å². The van der Waals surface area contributed by atoms with Gasteiger partial charge in [-0.1, -0.05) is 223 Å². The van der Waals surface area contributed by atoms with Gasteiger partial charge in [-0.2, -0.15) is 0 Å². The van der Waals surface area contributed by atoms with Gasteiger partial charge in [-0.05, 0) is 149 Å². The number of nitrogens with zero attached hydrogens (tertiary/aromatic N) is 3. The molecule has 0 saturated heterocycles. The minimum Gasteiger partial charge on any atom is -0.455 e. The van der Waals surface area contributed by atoms with E-state index in [-0.39, 0.29) is 33.8 Å². The van der Waals surface area contributed by atoms with Crippen LogP contribution >= 0.6 is 0 Å². The molecule has 0 atom stereocenters. The number of para-hydroxylation sites is 2. The van der Waals surface area contributed by atoms with E-state index in [9.17, 15) is 0 Å². The smallest absolute Gasteiger partial charge is 0.252 e. The minimum absolute atomic E-state index is 0.0264. The summed E-state index contributed by atoms with van der Waals surface area (Å²) in [7, 11) is 0. The molecule has 11 aromatic carbocycles. The molecule has 0 bridgehead atoms. The Balaban J connectivity index is 1.04. The van der Waals surface area contributed by atoms with E-state index in [0.29, 0.717) is 21.7 Å². The summed E-state index contributed by atoms with van der Waals surface area (Å²) < 4.78 is 9.03. The van der Waals surface area contributed by atoms with Crippen LogP contribution in [-0.4, -0.2) is 11.1 Å². The maximum atomic E-state index is 16.3. The predicted molar refractivity (Wildman–Crippen MR) is 378 cm³/mol. The summed E-state index contributed by atoms with van der Waals surface area (Å²) in [6, 6.07) is 75.0. The van der Waals surface area contributed by atoms with Crippen molar-refractivity contribution in [3.8, 4) is 22.3 Å². The van der Waals surface area contributed by atoms with E-state index >= 15 is 9.59 Å². The molecule has 0 amide bonds. The average molecular weight is 1160 g/mol. The average Bonchev–Trinajstić information content (AvgIpc) is 1.01. The first kappa shape index (κ1) is 54.7. The van der Waals surface area contributed by atoms with Crippen LogP contribution in [0.15, 0.2) is 220 Å². The standard InChI is InChI=1S/C82H70BN3O3/c1-79(2,3)50-32-36-52(37-33-50)84(65-42-31-47-21-16-17-24-55(47)69(65)49-22-14-13-15-23-49)54-38-40-63-66(45-54)85(53-34-29-48(30-35-53)56-26-20-27-58-57-25-18-19-28-68(57)89-78(56)58)67-46-62(82(10,11)12)71-75-72(67)83(63)64-41-39-61(81(7,8)9)70-74(64)86(75)73-59(76(70)87)43-51(80(4,5)6)44-60(73)77(71)88/h13-46H,1-12H3. The molecule has 5 heterocycles. The molecule has 434 valence electrons. The van der Waals surface area contributed by atoms with Crippen LogP contribution in [0.25, 0.3) is 93.1 Å². The van der Waals surface area contributed by atoms with Crippen LogP contribution in [0.4, 0.5) is 34.1 Å². The molecule has 0 saturated carbocycles.